The van der Waals surface area contributed by atoms with E-state index in [1.807, 2.05) is 13.8 Å². The van der Waals surface area contributed by atoms with Crippen molar-refractivity contribution in [1.82, 2.24) is 25.3 Å². The number of rotatable bonds is 12. The summed E-state index contributed by atoms with van der Waals surface area (Å²) in [6.45, 7) is 24.6. The molecule has 0 saturated carbocycles. The van der Waals surface area contributed by atoms with E-state index in [0.717, 1.165) is 24.8 Å². The van der Waals surface area contributed by atoms with Crippen LogP contribution in [0, 0.1) is 17.8 Å². The number of nitrogens with zero attached hydrogens (tertiary/aromatic N) is 3. The molecule has 3 atom stereocenters. The van der Waals surface area contributed by atoms with Gasteiger partial charge in [0.2, 0.25) is 24.1 Å². The third kappa shape index (κ3) is 16.3. The van der Waals surface area contributed by atoms with Gasteiger partial charge in [-0.05, 0) is 77.3 Å². The monoisotopic (exact) mass is 608 g/mol. The molecule has 0 unspecified atom stereocenters. The normalized spacial score (nSPS) is 18.7. The zero-order valence-electron chi connectivity index (χ0n) is 29.4. The van der Waals surface area contributed by atoms with Crippen molar-refractivity contribution in [3.8, 4) is 0 Å². The van der Waals surface area contributed by atoms with Gasteiger partial charge in [-0.25, -0.2) is 0 Å². The molecule has 0 spiro atoms. The number of nitrogens with one attached hydrogen (secondary N) is 2. The average molecular weight is 608 g/mol. The van der Waals surface area contributed by atoms with E-state index in [4.69, 9.17) is 0 Å². The molecule has 0 aromatic rings. The summed E-state index contributed by atoms with van der Waals surface area (Å²) >= 11 is 0. The van der Waals surface area contributed by atoms with Crippen molar-refractivity contribution in [2.45, 2.75) is 126 Å². The maximum absolute atomic E-state index is 13.1. The smallest absolute Gasteiger partial charge is 0.249 e. The van der Waals surface area contributed by atoms with Crippen LogP contribution in [0.2, 0.25) is 0 Å². The van der Waals surface area contributed by atoms with Gasteiger partial charge in [-0.1, -0.05) is 67.4 Å². The Morgan fingerprint density at radius 2 is 1.51 bits per heavy atom. The largest absolute Gasteiger partial charge is 0.354 e. The first kappa shape index (κ1) is 40.6. The molecule has 0 aliphatic carbocycles. The molecule has 43 heavy (non-hydrogen) atoms. The summed E-state index contributed by atoms with van der Waals surface area (Å²) in [5, 5.41) is 5.34. The number of carbonyl (C=O) groups is 4. The molecule has 250 valence electrons. The maximum Gasteiger partial charge on any atom is 0.249 e. The van der Waals surface area contributed by atoms with Crippen LogP contribution in [0.3, 0.4) is 0 Å². The van der Waals surface area contributed by atoms with Crippen LogP contribution in [-0.2, 0) is 19.2 Å². The summed E-state index contributed by atoms with van der Waals surface area (Å²) in [6, 6.07) is 0.0269. The second-order valence-corrected chi connectivity index (χ2v) is 13.4. The lowest BCUT2D eigenvalue weighted by atomic mass is 9.99. The molecule has 0 aromatic heterocycles. The molecule has 9 nitrogen and oxygen atoms in total. The van der Waals surface area contributed by atoms with Gasteiger partial charge in [0.05, 0.1) is 12.6 Å². The van der Waals surface area contributed by atoms with Crippen LogP contribution in [0.1, 0.15) is 108 Å². The van der Waals surface area contributed by atoms with Gasteiger partial charge in [-0.3, -0.25) is 19.2 Å². The Morgan fingerprint density at radius 3 is 1.98 bits per heavy atom. The quantitative estimate of drug-likeness (QED) is 0.244. The van der Waals surface area contributed by atoms with Crippen molar-refractivity contribution < 1.29 is 19.2 Å². The van der Waals surface area contributed by atoms with Crippen LogP contribution < -0.4 is 10.6 Å². The molecule has 2 saturated heterocycles. The Bertz CT molecular complexity index is 849. The number of piperidine rings is 1. The van der Waals surface area contributed by atoms with Gasteiger partial charge in [0.15, 0.2) is 0 Å². The first-order valence-corrected chi connectivity index (χ1v) is 16.6. The molecular formula is C34H65N5O4. The number of likely N-dealkylation sites (tertiary alicyclic amines) is 2. The van der Waals surface area contributed by atoms with Crippen molar-refractivity contribution in [2.75, 3.05) is 39.8 Å². The van der Waals surface area contributed by atoms with E-state index in [-0.39, 0.29) is 36.2 Å². The Labute approximate surface area is 263 Å². The molecule has 2 N–H and O–H groups in total. The zero-order valence-corrected chi connectivity index (χ0v) is 29.4. The number of likely N-dealkylation sites (N-methyl/N-ethyl adjacent to an activating group) is 1. The molecule has 0 radical (unpaired) electrons. The van der Waals surface area contributed by atoms with Gasteiger partial charge in [0, 0.05) is 31.8 Å². The summed E-state index contributed by atoms with van der Waals surface area (Å²) in [5.74, 6) is 0.803. The summed E-state index contributed by atoms with van der Waals surface area (Å²) in [7, 11) is 1.66. The maximum atomic E-state index is 13.1. The third-order valence-electron chi connectivity index (χ3n) is 7.88. The van der Waals surface area contributed by atoms with Crippen molar-refractivity contribution >= 4 is 24.1 Å². The van der Waals surface area contributed by atoms with Crippen LogP contribution >= 0.6 is 0 Å². The number of carbonyl (C=O) groups excluding carboxylic acids is 4. The van der Waals surface area contributed by atoms with Crippen molar-refractivity contribution in [3.63, 3.8) is 0 Å². The lowest BCUT2D eigenvalue weighted by Crippen LogP contribution is -2.47. The Balaban J connectivity index is 0.00000111. The standard InChI is InChI=1S/C22H38N4O4.C8H17N.C4H10/c1-7-16(4)12-24-21(29)18-9-8-10-26(18)22(30)17(5)11-19(15(2)3)25(6)20(28)13-23-14-27;1-8(2)9-6-4-3-5-7-9;1-4(2)3/h11,14-16,18-19H,7-10,12-13H2,1-6H3,(H,23,27)(H,24,29);8H,3-7H2,1-2H3;4H,1-3H3/b17-11+;;/t16-,18-,19+;;/m0../s1. The van der Waals surface area contributed by atoms with Crippen LogP contribution in [-0.4, -0.2) is 96.7 Å². The summed E-state index contributed by atoms with van der Waals surface area (Å²) in [6.07, 6.45) is 9.00. The van der Waals surface area contributed by atoms with E-state index in [1.165, 1.54) is 37.3 Å². The molecule has 2 aliphatic rings. The van der Waals surface area contributed by atoms with Gasteiger partial charge < -0.3 is 25.3 Å². The fraction of sp³-hybridized carbons (Fsp3) is 0.824. The van der Waals surface area contributed by atoms with E-state index < -0.39 is 6.04 Å². The SMILES string of the molecule is CC(C)C.CC(C)N1CCCCC1.CC[C@H](C)CNC(=O)[C@@H]1CCCN1C(=O)/C(C)=C/[C@H](C(C)C)N(C)C(=O)CNC=O. The predicted octanol–water partition coefficient (Wildman–Crippen LogP) is 4.86. The lowest BCUT2D eigenvalue weighted by molar-refractivity contribution is -0.135. The highest BCUT2D eigenvalue weighted by molar-refractivity contribution is 5.97. The Kier molecular flexibility index (Phi) is 20.9. The molecule has 0 bridgehead atoms. The Hall–Kier alpha value is -2.42. The second kappa shape index (κ2) is 22.1. The summed E-state index contributed by atoms with van der Waals surface area (Å²) < 4.78 is 0. The minimum absolute atomic E-state index is 0.0751. The molecular weight excluding hydrogens is 542 g/mol. The van der Waals surface area contributed by atoms with Crippen molar-refractivity contribution in [2.24, 2.45) is 17.8 Å². The highest BCUT2D eigenvalue weighted by atomic mass is 16.2. The Morgan fingerprint density at radius 1 is 0.930 bits per heavy atom. The van der Waals surface area contributed by atoms with E-state index in [9.17, 15) is 19.2 Å². The minimum Gasteiger partial charge on any atom is -0.354 e. The van der Waals surface area contributed by atoms with Crippen molar-refractivity contribution in [3.05, 3.63) is 11.6 Å². The van der Waals surface area contributed by atoms with Gasteiger partial charge in [0.25, 0.3) is 0 Å². The molecule has 9 heteroatoms. The van der Waals surface area contributed by atoms with Gasteiger partial charge >= 0.3 is 0 Å². The highest BCUT2D eigenvalue weighted by Crippen LogP contribution is 2.22. The van der Waals surface area contributed by atoms with E-state index in [2.05, 4.69) is 64.0 Å². The van der Waals surface area contributed by atoms with Crippen LogP contribution in [0.25, 0.3) is 0 Å². The molecule has 0 aromatic carbocycles. The highest BCUT2D eigenvalue weighted by Gasteiger charge is 2.35. The molecule has 2 aliphatic heterocycles. The molecule has 2 fully saturated rings. The fourth-order valence-electron chi connectivity index (χ4n) is 4.98. The van der Waals surface area contributed by atoms with Gasteiger partial charge in [0.1, 0.15) is 6.04 Å². The predicted molar refractivity (Wildman–Crippen MR) is 177 cm³/mol. The second-order valence-electron chi connectivity index (χ2n) is 13.4. The topological polar surface area (TPSA) is 102 Å². The van der Waals surface area contributed by atoms with Crippen molar-refractivity contribution in [1.29, 1.82) is 0 Å². The van der Waals surface area contributed by atoms with E-state index in [0.29, 0.717) is 37.4 Å². The average Bonchev–Trinajstić information content (AvgIpc) is 3.46. The number of hydrogen-bond acceptors (Lipinski definition) is 5. The number of amides is 4. The third-order valence-corrected chi connectivity index (χ3v) is 7.88. The van der Waals surface area contributed by atoms with Gasteiger partial charge in [-0.2, -0.15) is 0 Å². The van der Waals surface area contributed by atoms with E-state index >= 15 is 0 Å². The van der Waals surface area contributed by atoms with E-state index in [1.54, 1.807) is 24.9 Å². The lowest BCUT2D eigenvalue weighted by Gasteiger charge is -2.30. The summed E-state index contributed by atoms with van der Waals surface area (Å²) in [4.78, 5) is 54.2. The molecule has 4 amide bonds. The number of hydrogen-bond donors (Lipinski definition) is 2. The zero-order chi connectivity index (χ0) is 33.1. The molecule has 2 heterocycles. The van der Waals surface area contributed by atoms with Crippen LogP contribution in [0.4, 0.5) is 0 Å². The fourth-order valence-corrected chi connectivity index (χ4v) is 4.98. The summed E-state index contributed by atoms with van der Waals surface area (Å²) in [5.41, 5.74) is 0.512. The first-order valence-electron chi connectivity index (χ1n) is 16.6. The van der Waals surface area contributed by atoms with Crippen LogP contribution in [0.5, 0.6) is 0 Å². The molecule has 2 rings (SSSR count). The minimum atomic E-state index is -0.446. The first-order chi connectivity index (χ1) is 20.2. The van der Waals surface area contributed by atoms with Crippen LogP contribution in [0.15, 0.2) is 11.6 Å². The van der Waals surface area contributed by atoms with Gasteiger partial charge in [-0.15, -0.1) is 0 Å².